The number of methoxy groups -OCH3 is 1. The van der Waals surface area contributed by atoms with Gasteiger partial charge in [0.2, 0.25) is 5.91 Å². The predicted molar refractivity (Wildman–Crippen MR) is 95.0 cm³/mol. The van der Waals surface area contributed by atoms with Crippen LogP contribution >= 0.6 is 11.3 Å². The molecular weight excluding hydrogens is 324 g/mol. The van der Waals surface area contributed by atoms with Crippen molar-refractivity contribution in [1.29, 1.82) is 0 Å². The quantitative estimate of drug-likeness (QED) is 0.724. The first-order valence-electron chi connectivity index (χ1n) is 7.23. The molecule has 0 unspecified atom stereocenters. The van der Waals surface area contributed by atoms with Gasteiger partial charge in [0, 0.05) is 36.3 Å². The van der Waals surface area contributed by atoms with Crippen molar-refractivity contribution in [2.75, 3.05) is 12.4 Å². The standard InChI is InChI=1S/C17H16N4O2S/c1-21-10-9-15(20-21)19-16(22)8-5-13-11-24-17(18-13)12-3-6-14(23-2)7-4-12/h3-11H,1-2H3,(H,19,20,22). The number of carbonyl (C=O) groups is 1. The molecule has 0 fully saturated rings. The predicted octanol–water partition coefficient (Wildman–Crippen LogP) is 3.20. The van der Waals surface area contributed by atoms with Gasteiger partial charge in [-0.1, -0.05) is 0 Å². The van der Waals surface area contributed by atoms with Crippen molar-refractivity contribution in [3.8, 4) is 16.3 Å². The minimum Gasteiger partial charge on any atom is -0.497 e. The lowest BCUT2D eigenvalue weighted by Crippen LogP contribution is -2.08. The Morgan fingerprint density at radius 3 is 2.75 bits per heavy atom. The number of ether oxygens (including phenoxy) is 1. The largest absolute Gasteiger partial charge is 0.497 e. The zero-order valence-electron chi connectivity index (χ0n) is 13.3. The molecule has 3 rings (SSSR count). The number of amides is 1. The van der Waals surface area contributed by atoms with Gasteiger partial charge in [0.15, 0.2) is 5.82 Å². The Bertz CT molecular complexity index is 865. The van der Waals surface area contributed by atoms with Crippen molar-refractivity contribution in [3.63, 3.8) is 0 Å². The second-order valence-electron chi connectivity index (χ2n) is 5.00. The molecule has 2 heterocycles. The van der Waals surface area contributed by atoms with Crippen molar-refractivity contribution in [2.45, 2.75) is 0 Å². The van der Waals surface area contributed by atoms with Gasteiger partial charge in [0.05, 0.1) is 12.8 Å². The maximum atomic E-state index is 11.9. The van der Waals surface area contributed by atoms with Crippen molar-refractivity contribution in [3.05, 3.63) is 53.7 Å². The lowest BCUT2D eigenvalue weighted by atomic mass is 10.2. The van der Waals surface area contributed by atoms with E-state index in [0.29, 0.717) is 5.82 Å². The minimum atomic E-state index is -0.243. The fraction of sp³-hybridized carbons (Fsp3) is 0.118. The number of hydrogen-bond donors (Lipinski definition) is 1. The molecule has 1 amide bonds. The van der Waals surface area contributed by atoms with Crippen LogP contribution in [0.3, 0.4) is 0 Å². The van der Waals surface area contributed by atoms with E-state index in [1.165, 1.54) is 17.4 Å². The van der Waals surface area contributed by atoms with Gasteiger partial charge in [-0.25, -0.2) is 4.98 Å². The minimum absolute atomic E-state index is 0.243. The first-order chi connectivity index (χ1) is 11.6. The van der Waals surface area contributed by atoms with Crippen LogP contribution in [-0.4, -0.2) is 27.8 Å². The number of aromatic nitrogens is 3. The smallest absolute Gasteiger partial charge is 0.249 e. The summed E-state index contributed by atoms with van der Waals surface area (Å²) >= 11 is 1.52. The van der Waals surface area contributed by atoms with Crippen molar-refractivity contribution in [2.24, 2.45) is 7.05 Å². The monoisotopic (exact) mass is 340 g/mol. The van der Waals surface area contributed by atoms with E-state index in [1.807, 2.05) is 29.6 Å². The first kappa shape index (κ1) is 15.9. The van der Waals surface area contributed by atoms with E-state index in [2.05, 4.69) is 15.4 Å². The van der Waals surface area contributed by atoms with Crippen LogP contribution in [0.1, 0.15) is 5.69 Å². The van der Waals surface area contributed by atoms with Gasteiger partial charge in [-0.15, -0.1) is 11.3 Å². The third kappa shape index (κ3) is 3.88. The molecule has 3 aromatic rings. The molecule has 0 aliphatic rings. The highest BCUT2D eigenvalue weighted by atomic mass is 32.1. The summed E-state index contributed by atoms with van der Waals surface area (Å²) in [7, 11) is 3.43. The zero-order valence-corrected chi connectivity index (χ0v) is 14.1. The second-order valence-corrected chi connectivity index (χ2v) is 5.86. The Morgan fingerprint density at radius 2 is 2.08 bits per heavy atom. The van der Waals surface area contributed by atoms with Gasteiger partial charge in [-0.05, 0) is 30.3 Å². The molecule has 0 aliphatic carbocycles. The molecule has 0 bridgehead atoms. The third-order valence-electron chi connectivity index (χ3n) is 3.23. The van der Waals surface area contributed by atoms with E-state index in [4.69, 9.17) is 4.74 Å². The molecule has 2 aromatic heterocycles. The van der Waals surface area contributed by atoms with Crippen molar-refractivity contribution < 1.29 is 9.53 Å². The molecule has 1 aromatic carbocycles. The summed E-state index contributed by atoms with van der Waals surface area (Å²) in [6.07, 6.45) is 4.89. The average molecular weight is 340 g/mol. The molecule has 0 radical (unpaired) electrons. The van der Waals surface area contributed by atoms with Gasteiger partial charge in [-0.3, -0.25) is 9.48 Å². The molecule has 24 heavy (non-hydrogen) atoms. The molecule has 0 aliphatic heterocycles. The van der Waals surface area contributed by atoms with Crippen LogP contribution in [0.5, 0.6) is 5.75 Å². The van der Waals surface area contributed by atoms with Gasteiger partial charge in [-0.2, -0.15) is 5.10 Å². The molecule has 0 saturated heterocycles. The van der Waals surface area contributed by atoms with E-state index in [0.717, 1.165) is 22.0 Å². The van der Waals surface area contributed by atoms with Crippen LogP contribution in [0.2, 0.25) is 0 Å². The number of benzene rings is 1. The van der Waals surface area contributed by atoms with Gasteiger partial charge in [0.1, 0.15) is 10.8 Å². The highest BCUT2D eigenvalue weighted by Crippen LogP contribution is 2.26. The molecule has 0 saturated carbocycles. The van der Waals surface area contributed by atoms with Crippen LogP contribution in [0.15, 0.2) is 48.0 Å². The number of nitrogens with zero attached hydrogens (tertiary/aromatic N) is 3. The summed E-state index contributed by atoms with van der Waals surface area (Å²) in [5.41, 5.74) is 1.75. The van der Waals surface area contributed by atoms with Crippen LogP contribution in [0, 0.1) is 0 Å². The molecule has 7 heteroatoms. The number of carbonyl (C=O) groups excluding carboxylic acids is 1. The number of hydrogen-bond acceptors (Lipinski definition) is 5. The SMILES string of the molecule is COc1ccc(-c2nc(C=CC(=O)Nc3ccn(C)n3)cs2)cc1. The molecule has 6 nitrogen and oxygen atoms in total. The van der Waals surface area contributed by atoms with E-state index >= 15 is 0 Å². The summed E-state index contributed by atoms with van der Waals surface area (Å²) in [4.78, 5) is 16.4. The van der Waals surface area contributed by atoms with E-state index in [-0.39, 0.29) is 5.91 Å². The molecule has 122 valence electrons. The van der Waals surface area contributed by atoms with Gasteiger partial charge in [0.25, 0.3) is 0 Å². The Morgan fingerprint density at radius 1 is 1.29 bits per heavy atom. The Kier molecular flexibility index (Phi) is 4.72. The molecule has 0 atom stereocenters. The number of aryl methyl sites for hydroxylation is 1. The second kappa shape index (κ2) is 7.10. The number of anilines is 1. The topological polar surface area (TPSA) is 69.0 Å². The Hall–Kier alpha value is -2.93. The number of thiazole rings is 1. The summed E-state index contributed by atoms with van der Waals surface area (Å²) < 4.78 is 6.77. The molecular formula is C17H16N4O2S. The maximum Gasteiger partial charge on any atom is 0.249 e. The van der Waals surface area contributed by atoms with Crippen LogP contribution in [0.25, 0.3) is 16.6 Å². The molecule has 0 spiro atoms. The van der Waals surface area contributed by atoms with Gasteiger partial charge < -0.3 is 10.1 Å². The normalized spacial score (nSPS) is 10.9. The van der Waals surface area contributed by atoms with Crippen molar-refractivity contribution in [1.82, 2.24) is 14.8 Å². The lowest BCUT2D eigenvalue weighted by molar-refractivity contribution is -0.111. The van der Waals surface area contributed by atoms with Crippen LogP contribution in [-0.2, 0) is 11.8 Å². The Labute approximate surface area is 143 Å². The highest BCUT2D eigenvalue weighted by molar-refractivity contribution is 7.13. The van der Waals surface area contributed by atoms with Crippen LogP contribution in [0.4, 0.5) is 5.82 Å². The number of nitrogens with one attached hydrogen (secondary N) is 1. The summed E-state index contributed by atoms with van der Waals surface area (Å²) in [6, 6.07) is 9.44. The van der Waals surface area contributed by atoms with Crippen LogP contribution < -0.4 is 10.1 Å². The van der Waals surface area contributed by atoms with E-state index in [1.54, 1.807) is 37.2 Å². The fourth-order valence-electron chi connectivity index (χ4n) is 2.04. The summed E-state index contributed by atoms with van der Waals surface area (Å²) in [5, 5.41) is 9.58. The van der Waals surface area contributed by atoms with E-state index in [9.17, 15) is 4.79 Å². The summed E-state index contributed by atoms with van der Waals surface area (Å²) in [5.74, 6) is 1.08. The highest BCUT2D eigenvalue weighted by Gasteiger charge is 2.05. The van der Waals surface area contributed by atoms with E-state index < -0.39 is 0 Å². The third-order valence-corrected chi connectivity index (χ3v) is 4.14. The zero-order chi connectivity index (χ0) is 16.9. The Balaban J connectivity index is 1.65. The molecule has 1 N–H and O–H groups in total. The average Bonchev–Trinajstić information content (AvgIpc) is 3.22. The van der Waals surface area contributed by atoms with Crippen molar-refractivity contribution >= 4 is 29.1 Å². The van der Waals surface area contributed by atoms with Gasteiger partial charge >= 0.3 is 0 Å². The number of rotatable bonds is 5. The maximum absolute atomic E-state index is 11.9. The summed E-state index contributed by atoms with van der Waals surface area (Å²) in [6.45, 7) is 0. The first-order valence-corrected chi connectivity index (χ1v) is 8.10. The fourth-order valence-corrected chi connectivity index (χ4v) is 2.83. The lowest BCUT2D eigenvalue weighted by Gasteiger charge is -2.00.